The molecule has 2 fully saturated rings. The van der Waals surface area contributed by atoms with E-state index in [9.17, 15) is 14.7 Å². The lowest BCUT2D eigenvalue weighted by atomic mass is 9.77. The number of ketones is 1. The van der Waals surface area contributed by atoms with Crippen molar-refractivity contribution in [2.24, 2.45) is 5.10 Å². The molecule has 1 aliphatic heterocycles. The third-order valence-electron chi connectivity index (χ3n) is 8.11. The summed E-state index contributed by atoms with van der Waals surface area (Å²) in [6.07, 6.45) is 3.70. The number of anilines is 1. The number of carbonyl (C=O) groups excluding carboxylic acids is 2. The van der Waals surface area contributed by atoms with E-state index < -0.39 is 11.9 Å². The number of aromatic amines is 1. The second-order valence-corrected chi connectivity index (χ2v) is 11.1. The molecule has 2 heterocycles. The van der Waals surface area contributed by atoms with Gasteiger partial charge in [-0.3, -0.25) is 15.0 Å². The summed E-state index contributed by atoms with van der Waals surface area (Å²) in [5.74, 6) is 0.361. The van der Waals surface area contributed by atoms with Gasteiger partial charge >= 0.3 is 0 Å². The van der Waals surface area contributed by atoms with Gasteiger partial charge in [0.25, 0.3) is 5.91 Å². The van der Waals surface area contributed by atoms with Crippen molar-refractivity contribution in [3.05, 3.63) is 64.5 Å². The number of benzene rings is 2. The molecule has 2 aliphatic rings. The molecule has 40 heavy (non-hydrogen) atoms. The van der Waals surface area contributed by atoms with Gasteiger partial charge < -0.3 is 14.9 Å². The number of hydrazone groups is 1. The number of Topliss-reactive ketones (excluding diaryl/α,β-unsaturated/α-hetero) is 1. The predicted molar refractivity (Wildman–Crippen MR) is 151 cm³/mol. The molecule has 11 nitrogen and oxygen atoms in total. The van der Waals surface area contributed by atoms with E-state index in [4.69, 9.17) is 0 Å². The number of phenols is 1. The van der Waals surface area contributed by atoms with E-state index in [0.29, 0.717) is 18.8 Å². The third kappa shape index (κ3) is 5.46. The number of para-hydroxylation sites is 1. The molecule has 5 rings (SSSR count). The Morgan fingerprint density at radius 1 is 1.12 bits per heavy atom. The summed E-state index contributed by atoms with van der Waals surface area (Å²) in [7, 11) is 3.85. The van der Waals surface area contributed by atoms with Crippen molar-refractivity contribution in [1.82, 2.24) is 30.4 Å². The van der Waals surface area contributed by atoms with Crippen molar-refractivity contribution in [3.63, 3.8) is 0 Å². The summed E-state index contributed by atoms with van der Waals surface area (Å²) in [4.78, 5) is 30.6. The largest absolute Gasteiger partial charge is 0.505 e. The molecule has 1 aliphatic carbocycles. The Balaban J connectivity index is 1.39. The van der Waals surface area contributed by atoms with Gasteiger partial charge in [0.05, 0.1) is 5.69 Å². The first-order chi connectivity index (χ1) is 19.2. The lowest BCUT2D eigenvalue weighted by Gasteiger charge is -2.28. The number of aryl methyl sites for hydroxylation is 2. The molecule has 1 aromatic heterocycles. The van der Waals surface area contributed by atoms with Crippen LogP contribution in [0.2, 0.25) is 0 Å². The highest BCUT2D eigenvalue weighted by Gasteiger charge is 2.45. The molecule has 3 aromatic rings. The van der Waals surface area contributed by atoms with Gasteiger partial charge in [-0.2, -0.15) is 5.10 Å². The molecular formula is C29H36N8O3. The Labute approximate surface area is 233 Å². The smallest absolute Gasteiger partial charge is 0.279 e. The molecule has 2 aromatic carbocycles. The van der Waals surface area contributed by atoms with Gasteiger partial charge in [-0.25, -0.2) is 5.10 Å². The zero-order valence-electron chi connectivity index (χ0n) is 23.4. The quantitative estimate of drug-likeness (QED) is 0.289. The van der Waals surface area contributed by atoms with Crippen molar-refractivity contribution in [2.45, 2.75) is 57.4 Å². The van der Waals surface area contributed by atoms with Gasteiger partial charge in [0.2, 0.25) is 5.78 Å². The number of phenolic OH excluding ortho intramolecular Hbond substituents is 1. The number of nitrogens with one attached hydrogen (secondary N) is 2. The Morgan fingerprint density at radius 2 is 1.93 bits per heavy atom. The van der Waals surface area contributed by atoms with E-state index in [0.717, 1.165) is 53.8 Å². The minimum Gasteiger partial charge on any atom is -0.505 e. The normalized spacial score (nSPS) is 22.5. The minimum absolute atomic E-state index is 0.0706. The van der Waals surface area contributed by atoms with Crippen LogP contribution in [0.4, 0.5) is 5.69 Å². The predicted octanol–water partition coefficient (Wildman–Crippen LogP) is 3.45. The summed E-state index contributed by atoms with van der Waals surface area (Å²) in [6, 6.07) is 10.5. The van der Waals surface area contributed by atoms with Crippen LogP contribution in [0, 0.1) is 13.8 Å². The molecule has 1 saturated carbocycles. The van der Waals surface area contributed by atoms with Crippen molar-refractivity contribution in [1.29, 1.82) is 0 Å². The number of likely N-dealkylation sites (N-methyl/N-ethyl adjacent to an activating group) is 1. The van der Waals surface area contributed by atoms with Crippen LogP contribution in [-0.2, 0) is 9.59 Å². The summed E-state index contributed by atoms with van der Waals surface area (Å²) in [5.41, 5.74) is 6.76. The number of aromatic nitrogens is 4. The maximum atomic E-state index is 13.6. The maximum Gasteiger partial charge on any atom is 0.279 e. The van der Waals surface area contributed by atoms with Crippen molar-refractivity contribution in [2.75, 3.05) is 32.6 Å². The molecule has 0 radical (unpaired) electrons. The van der Waals surface area contributed by atoms with Crippen LogP contribution >= 0.6 is 0 Å². The average Bonchev–Trinajstić information content (AvgIpc) is 3.56. The summed E-state index contributed by atoms with van der Waals surface area (Å²) < 4.78 is 0. The Bertz CT molecular complexity index is 1420. The topological polar surface area (TPSA) is 140 Å². The standard InChI is InChI=1S/C29H36N8O3/c1-17-11-12-20(15-18(17)2)25-27(39)24(29(40)37(25)14-13-36(3)4)31-30-23-10-6-9-22(26(23)38)19-7-5-8-21(16-19)28-32-34-35-33-28/h6,9-12,15,19,21,25,30,38H,5,7-8,13-14,16H2,1-4H3,(H,32,33,34,35). The third-order valence-corrected chi connectivity index (χ3v) is 8.11. The number of hydrogen-bond donors (Lipinski definition) is 3. The van der Waals surface area contributed by atoms with Crippen LogP contribution in [0.5, 0.6) is 5.75 Å². The lowest BCUT2D eigenvalue weighted by Crippen LogP contribution is -2.36. The van der Waals surface area contributed by atoms with E-state index >= 15 is 0 Å². The molecule has 11 heteroatoms. The fourth-order valence-electron chi connectivity index (χ4n) is 5.69. The molecule has 1 saturated heterocycles. The van der Waals surface area contributed by atoms with Gasteiger partial charge in [0, 0.05) is 19.0 Å². The molecular weight excluding hydrogens is 508 g/mol. The number of hydrogen-bond acceptors (Lipinski definition) is 9. The summed E-state index contributed by atoms with van der Waals surface area (Å²) in [6.45, 7) is 5.00. The molecule has 3 unspecified atom stereocenters. The van der Waals surface area contributed by atoms with Gasteiger partial charge in [0.1, 0.15) is 11.8 Å². The Kier molecular flexibility index (Phi) is 7.92. The minimum atomic E-state index is -0.739. The fraction of sp³-hybridized carbons (Fsp3) is 0.448. The SMILES string of the molecule is Cc1ccc(C2C(=O)C(=NNc3cccc(C4CCCC(c5nnn[nH]5)C4)c3O)C(=O)N2CCN(C)C)cc1C. The van der Waals surface area contributed by atoms with Crippen molar-refractivity contribution >= 4 is 23.1 Å². The van der Waals surface area contributed by atoms with Crippen molar-refractivity contribution < 1.29 is 14.7 Å². The molecule has 3 N–H and O–H groups in total. The van der Waals surface area contributed by atoms with E-state index in [1.807, 2.05) is 63.2 Å². The second-order valence-electron chi connectivity index (χ2n) is 11.1. The number of tetrazole rings is 1. The zero-order chi connectivity index (χ0) is 28.4. The highest BCUT2D eigenvalue weighted by molar-refractivity contribution is 6.69. The van der Waals surface area contributed by atoms with Crippen LogP contribution in [0.15, 0.2) is 41.5 Å². The van der Waals surface area contributed by atoms with Crippen LogP contribution in [-0.4, -0.2) is 80.1 Å². The maximum absolute atomic E-state index is 13.6. The highest BCUT2D eigenvalue weighted by Crippen LogP contribution is 2.44. The number of rotatable bonds is 8. The number of likely N-dealkylation sites (tertiary alicyclic amines) is 1. The van der Waals surface area contributed by atoms with Crippen molar-refractivity contribution in [3.8, 4) is 5.75 Å². The lowest BCUT2D eigenvalue weighted by molar-refractivity contribution is -0.126. The number of aromatic hydroxyl groups is 1. The molecule has 210 valence electrons. The average molecular weight is 545 g/mol. The van der Waals surface area contributed by atoms with Gasteiger partial charge in [-0.15, -0.1) is 5.10 Å². The summed E-state index contributed by atoms with van der Waals surface area (Å²) in [5, 5.41) is 29.8. The first-order valence-corrected chi connectivity index (χ1v) is 13.7. The first-order valence-electron chi connectivity index (χ1n) is 13.7. The number of nitrogens with zero attached hydrogens (tertiary/aromatic N) is 6. The molecule has 1 amide bonds. The van der Waals surface area contributed by atoms with E-state index in [-0.39, 0.29) is 29.1 Å². The van der Waals surface area contributed by atoms with Gasteiger partial charge in [0.15, 0.2) is 11.5 Å². The number of H-pyrrole nitrogens is 1. The van der Waals surface area contributed by atoms with Crippen LogP contribution in [0.1, 0.15) is 71.6 Å². The van der Waals surface area contributed by atoms with E-state index in [2.05, 4.69) is 31.2 Å². The molecule has 0 bridgehead atoms. The summed E-state index contributed by atoms with van der Waals surface area (Å²) >= 11 is 0. The molecule has 3 atom stereocenters. The van der Waals surface area contributed by atoms with E-state index in [1.54, 1.807) is 11.0 Å². The van der Waals surface area contributed by atoms with Crippen LogP contribution in [0.25, 0.3) is 0 Å². The van der Waals surface area contributed by atoms with E-state index in [1.165, 1.54) is 0 Å². The second kappa shape index (κ2) is 11.5. The molecule has 0 spiro atoms. The Morgan fingerprint density at radius 3 is 2.65 bits per heavy atom. The number of amides is 1. The van der Waals surface area contributed by atoms with Gasteiger partial charge in [-0.1, -0.05) is 36.8 Å². The zero-order valence-corrected chi connectivity index (χ0v) is 23.4. The Hall–Kier alpha value is -4.12. The fourth-order valence-corrected chi connectivity index (χ4v) is 5.69. The van der Waals surface area contributed by atoms with Crippen LogP contribution < -0.4 is 5.43 Å². The monoisotopic (exact) mass is 544 g/mol. The number of carbonyl (C=O) groups is 2. The van der Waals surface area contributed by atoms with Gasteiger partial charge in [-0.05, 0) is 91.9 Å². The van der Waals surface area contributed by atoms with Crippen LogP contribution in [0.3, 0.4) is 0 Å². The highest BCUT2D eigenvalue weighted by atomic mass is 16.3. The first kappa shape index (κ1) is 27.4.